The molecule has 0 radical (unpaired) electrons. The van der Waals surface area contributed by atoms with Crippen LogP contribution in [0, 0.1) is 0 Å². The van der Waals surface area contributed by atoms with Gasteiger partial charge in [0.1, 0.15) is 0 Å². The van der Waals surface area contributed by atoms with E-state index in [1.54, 1.807) is 49.3 Å². The molecule has 0 bridgehead atoms. The monoisotopic (exact) mass is 469 g/mol. The van der Waals surface area contributed by atoms with Gasteiger partial charge in [-0.3, -0.25) is 28.8 Å². The number of hydrogen-bond acceptors (Lipinski definition) is 8. The fourth-order valence-electron chi connectivity index (χ4n) is 3.23. The number of allylic oxidation sites excluding steroid dienone is 3. The van der Waals surface area contributed by atoms with Crippen molar-refractivity contribution < 1.29 is 85.3 Å². The molecule has 160 valence electrons. The maximum atomic E-state index is 12.0. The second-order valence-electron chi connectivity index (χ2n) is 7.10. The summed E-state index contributed by atoms with van der Waals surface area (Å²) in [5, 5.41) is 11.3. The van der Waals surface area contributed by atoms with E-state index in [0.717, 1.165) is 0 Å². The van der Waals surface area contributed by atoms with Crippen molar-refractivity contribution in [1.29, 1.82) is 0 Å². The summed E-state index contributed by atoms with van der Waals surface area (Å²) in [6.45, 7) is 0. The summed E-state index contributed by atoms with van der Waals surface area (Å²) >= 11 is 0. The van der Waals surface area contributed by atoms with Crippen molar-refractivity contribution in [2.45, 2.75) is 0 Å². The summed E-state index contributed by atoms with van der Waals surface area (Å²) in [5.41, 5.74) is 0.0170. The number of hydrogen-bond donors (Lipinski definition) is 0. The van der Waals surface area contributed by atoms with Gasteiger partial charge in [-0.2, -0.15) is 0 Å². The molecule has 0 fully saturated rings. The molecule has 2 aromatic carbocycles. The smallest absolute Gasteiger partial charge is 0.869 e. The molecule has 0 saturated carbocycles. The predicted molar refractivity (Wildman–Crippen MR) is 110 cm³/mol. The molecule has 0 N–H and O–H groups in total. The number of carbonyl (C=O) groups excluding carboxylic acids is 6. The second-order valence-corrected chi connectivity index (χ2v) is 7.10. The Kier molecular flexibility index (Phi) is 8.70. The van der Waals surface area contributed by atoms with E-state index in [0.29, 0.717) is 5.56 Å². The zero-order chi connectivity index (χ0) is 23.6. The molecule has 9 heteroatoms. The third-order valence-electron chi connectivity index (χ3n) is 4.73. The molecule has 0 aliphatic heterocycles. The first-order chi connectivity index (χ1) is 15.2. The zero-order valence-electron chi connectivity index (χ0n) is 18.1. The molecule has 2 aliphatic rings. The SMILES string of the molecule is CN(C)/C=C1/C(=O)C(=O)c2ccccc2C1=O.O=CC1=C([O-])C(=O)c2ccccc2C1=O.[K+]. The van der Waals surface area contributed by atoms with Gasteiger partial charge in [0.15, 0.2) is 23.6 Å². The second kappa shape index (κ2) is 10.9. The average molecular weight is 469 g/mol. The van der Waals surface area contributed by atoms with E-state index < -0.39 is 34.5 Å². The van der Waals surface area contributed by atoms with Gasteiger partial charge in [-0.05, 0) is 5.76 Å². The first-order valence-electron chi connectivity index (χ1n) is 9.35. The van der Waals surface area contributed by atoms with Crippen molar-refractivity contribution in [3.8, 4) is 0 Å². The van der Waals surface area contributed by atoms with Gasteiger partial charge < -0.3 is 10.0 Å². The summed E-state index contributed by atoms with van der Waals surface area (Å²) in [5.74, 6) is -4.24. The Labute approximate surface area is 231 Å². The number of rotatable bonds is 2. The molecular formula is C24H16KNO7. The topological polar surface area (TPSA) is 129 Å². The number of benzene rings is 2. The minimum Gasteiger partial charge on any atom is -0.869 e. The largest absolute Gasteiger partial charge is 1.00 e. The zero-order valence-corrected chi connectivity index (χ0v) is 21.2. The molecular weight excluding hydrogens is 453 g/mol. The van der Waals surface area contributed by atoms with Crippen LogP contribution in [0.2, 0.25) is 0 Å². The third-order valence-corrected chi connectivity index (χ3v) is 4.73. The minimum atomic E-state index is -1.02. The number of carbonyl (C=O) groups is 6. The van der Waals surface area contributed by atoms with Crippen molar-refractivity contribution in [3.63, 3.8) is 0 Å². The van der Waals surface area contributed by atoms with Crippen LogP contribution in [0.25, 0.3) is 0 Å². The molecule has 0 heterocycles. The molecule has 0 atom stereocenters. The first-order valence-corrected chi connectivity index (χ1v) is 9.35. The Bertz CT molecular complexity index is 1270. The van der Waals surface area contributed by atoms with Gasteiger partial charge >= 0.3 is 51.4 Å². The summed E-state index contributed by atoms with van der Waals surface area (Å²) in [4.78, 5) is 70.7. The molecule has 0 unspecified atom stereocenters. The van der Waals surface area contributed by atoms with Crippen LogP contribution < -0.4 is 56.5 Å². The van der Waals surface area contributed by atoms with E-state index in [4.69, 9.17) is 0 Å². The van der Waals surface area contributed by atoms with Crippen LogP contribution in [0.4, 0.5) is 0 Å². The molecule has 2 aromatic rings. The Morgan fingerprint density at radius 3 is 1.55 bits per heavy atom. The van der Waals surface area contributed by atoms with Gasteiger partial charge in [0.2, 0.25) is 11.6 Å². The minimum absolute atomic E-state index is 0. The van der Waals surface area contributed by atoms with Gasteiger partial charge in [-0.15, -0.1) is 0 Å². The maximum Gasteiger partial charge on any atom is 1.00 e. The van der Waals surface area contributed by atoms with Crippen LogP contribution in [0.15, 0.2) is 71.6 Å². The van der Waals surface area contributed by atoms with Gasteiger partial charge in [0.05, 0.1) is 11.1 Å². The fraction of sp³-hybridized carbons (Fsp3) is 0.0833. The summed E-state index contributed by atoms with van der Waals surface area (Å²) < 4.78 is 0. The normalized spacial score (nSPS) is 15.8. The van der Waals surface area contributed by atoms with Gasteiger partial charge in [0.25, 0.3) is 0 Å². The Morgan fingerprint density at radius 1 is 0.667 bits per heavy atom. The van der Waals surface area contributed by atoms with Crippen LogP contribution in [0.3, 0.4) is 0 Å². The van der Waals surface area contributed by atoms with Crippen molar-refractivity contribution in [3.05, 3.63) is 93.9 Å². The van der Waals surface area contributed by atoms with E-state index in [1.165, 1.54) is 24.4 Å². The quantitative estimate of drug-likeness (QED) is 0.162. The van der Waals surface area contributed by atoms with Gasteiger partial charge in [-0.1, -0.05) is 48.5 Å². The van der Waals surface area contributed by atoms with Crippen molar-refractivity contribution in [2.24, 2.45) is 0 Å². The van der Waals surface area contributed by atoms with Crippen molar-refractivity contribution >= 4 is 35.2 Å². The standard InChI is InChI=1S/C13H11NO3.C11H6O4.K/c1-14(2)7-10-11(15)8-5-3-4-6-9(8)12(16)13(10)17;12-5-8-9(13)6-3-1-2-4-7(6)10(14)11(8)15;/h3-7H,1-2H3;1-5,15H;/q;;+1/p-1/b10-7+;;. The molecule has 4 rings (SSSR count). The number of aldehydes is 1. The van der Waals surface area contributed by atoms with Crippen LogP contribution in [0.5, 0.6) is 0 Å². The first kappa shape index (κ1) is 26.4. The van der Waals surface area contributed by atoms with Gasteiger partial charge in [0, 0.05) is 42.5 Å². The molecule has 0 amide bonds. The predicted octanol–water partition coefficient (Wildman–Crippen LogP) is -2.04. The molecule has 0 aromatic heterocycles. The number of nitrogens with zero attached hydrogens (tertiary/aromatic N) is 1. The van der Waals surface area contributed by atoms with E-state index in [9.17, 15) is 33.9 Å². The molecule has 2 aliphatic carbocycles. The third kappa shape index (κ3) is 5.07. The number of Topliss-reactive ketones (excluding diaryl/α,β-unsaturated/α-hetero) is 5. The fourth-order valence-corrected chi connectivity index (χ4v) is 3.23. The van der Waals surface area contributed by atoms with Crippen LogP contribution in [0.1, 0.15) is 41.4 Å². The molecule has 33 heavy (non-hydrogen) atoms. The Balaban J connectivity index is 0.000000228. The molecule has 0 spiro atoms. The Hall–Kier alpha value is -2.82. The Morgan fingerprint density at radius 2 is 1.09 bits per heavy atom. The number of ketones is 5. The van der Waals surface area contributed by atoms with Crippen LogP contribution in [-0.4, -0.2) is 54.2 Å². The summed E-state index contributed by atoms with van der Waals surface area (Å²) in [7, 11) is 3.39. The molecule has 8 nitrogen and oxygen atoms in total. The van der Waals surface area contributed by atoms with Crippen molar-refractivity contribution in [2.75, 3.05) is 14.1 Å². The maximum absolute atomic E-state index is 12.0. The summed E-state index contributed by atoms with van der Waals surface area (Å²) in [6, 6.07) is 12.3. The number of fused-ring (bicyclic) bond motifs is 2. The molecule has 0 saturated heterocycles. The summed E-state index contributed by atoms with van der Waals surface area (Å²) in [6.07, 6.45) is 1.52. The van der Waals surface area contributed by atoms with E-state index in [1.807, 2.05) is 0 Å². The van der Waals surface area contributed by atoms with E-state index in [2.05, 4.69) is 0 Å². The van der Waals surface area contributed by atoms with Crippen molar-refractivity contribution in [1.82, 2.24) is 4.90 Å². The van der Waals surface area contributed by atoms with Gasteiger partial charge in [-0.25, -0.2) is 0 Å². The van der Waals surface area contributed by atoms with E-state index in [-0.39, 0.29) is 85.7 Å². The van der Waals surface area contributed by atoms with Crippen LogP contribution >= 0.6 is 0 Å². The van der Waals surface area contributed by atoms with E-state index >= 15 is 0 Å². The van der Waals surface area contributed by atoms with Crippen LogP contribution in [-0.2, 0) is 9.59 Å². The average Bonchev–Trinajstić information content (AvgIpc) is 2.79.